The second-order valence-electron chi connectivity index (χ2n) is 4.68. The van der Waals surface area contributed by atoms with E-state index in [1.165, 1.54) is 6.92 Å². The van der Waals surface area contributed by atoms with Crippen molar-refractivity contribution < 1.29 is 28.7 Å². The molecule has 2 amide bonds. The molecule has 5 N–H and O–H groups in total. The maximum atomic E-state index is 11.8. The molecule has 0 aromatic carbocycles. The van der Waals surface area contributed by atoms with Crippen molar-refractivity contribution in [3.05, 3.63) is 11.1 Å². The number of nitrogens with two attached hydrogens (primary N) is 2. The smallest absolute Gasteiger partial charge is 0.342 e. The fraction of sp³-hybridized carbons (Fsp3) is 0.538. The van der Waals surface area contributed by atoms with E-state index in [0.717, 1.165) is 0 Å². The predicted molar refractivity (Wildman–Crippen MR) is 73.5 cm³/mol. The van der Waals surface area contributed by atoms with Crippen LogP contribution in [-0.2, 0) is 28.7 Å². The molecule has 0 radical (unpaired) electrons. The van der Waals surface area contributed by atoms with Gasteiger partial charge in [-0.2, -0.15) is 0 Å². The summed E-state index contributed by atoms with van der Waals surface area (Å²) in [5.41, 5.74) is 10.7. The number of esters is 2. The normalized spacial score (nSPS) is 15.7. The fourth-order valence-corrected chi connectivity index (χ4v) is 1.87. The van der Waals surface area contributed by atoms with Crippen molar-refractivity contribution in [3.63, 3.8) is 0 Å². The Morgan fingerprint density at radius 1 is 1.27 bits per heavy atom. The average Bonchev–Trinajstić information content (AvgIpc) is 2.68. The van der Waals surface area contributed by atoms with Gasteiger partial charge in [0.15, 0.2) is 0 Å². The van der Waals surface area contributed by atoms with Crippen LogP contribution in [0.2, 0.25) is 0 Å². The van der Waals surface area contributed by atoms with E-state index in [2.05, 4.69) is 10.1 Å². The maximum Gasteiger partial charge on any atom is 0.342 e. The van der Waals surface area contributed by atoms with Crippen molar-refractivity contribution in [1.29, 1.82) is 0 Å². The summed E-state index contributed by atoms with van der Waals surface area (Å²) in [6, 6.07) is 0. The first-order chi connectivity index (χ1) is 10.3. The number of nitrogens with one attached hydrogen (secondary N) is 1. The van der Waals surface area contributed by atoms with Crippen molar-refractivity contribution in [2.24, 2.45) is 11.5 Å². The number of carbonyl (C=O) groups excluding carboxylic acids is 4. The third-order valence-corrected chi connectivity index (χ3v) is 3.07. The van der Waals surface area contributed by atoms with Gasteiger partial charge in [-0.3, -0.25) is 9.59 Å². The third kappa shape index (κ3) is 5.26. The molecule has 122 valence electrons. The van der Waals surface area contributed by atoms with Crippen LogP contribution in [-0.4, -0.2) is 36.7 Å². The molecule has 1 rings (SSSR count). The van der Waals surface area contributed by atoms with E-state index in [4.69, 9.17) is 16.2 Å². The highest BCUT2D eigenvalue weighted by atomic mass is 16.6. The van der Waals surface area contributed by atoms with Crippen molar-refractivity contribution in [1.82, 2.24) is 5.32 Å². The molecule has 1 aliphatic rings. The van der Waals surface area contributed by atoms with Crippen molar-refractivity contribution in [2.75, 3.05) is 6.73 Å². The molecule has 0 aromatic heterocycles. The summed E-state index contributed by atoms with van der Waals surface area (Å²) in [5, 5.41) is 2.53. The standard InChI is InChI=1S/C13H19N3O6/c1-7-8(13(20)22-12(7)19)2-4-10(18)16-11(21-6-14)5-3-9(15)17/h11H,2-6,14H2,1H3,(H2,15,17)(H,16,18). The molecule has 0 aliphatic carbocycles. The van der Waals surface area contributed by atoms with Crippen molar-refractivity contribution >= 4 is 23.8 Å². The highest BCUT2D eigenvalue weighted by Gasteiger charge is 2.29. The molecule has 1 aliphatic heterocycles. The summed E-state index contributed by atoms with van der Waals surface area (Å²) in [5.74, 6) is -2.34. The minimum absolute atomic E-state index is 0.0317. The Labute approximate surface area is 127 Å². The van der Waals surface area contributed by atoms with Crippen LogP contribution in [0.25, 0.3) is 0 Å². The molecule has 9 heteroatoms. The van der Waals surface area contributed by atoms with Gasteiger partial charge in [-0.25, -0.2) is 9.59 Å². The number of amides is 2. The van der Waals surface area contributed by atoms with E-state index >= 15 is 0 Å². The number of rotatable bonds is 9. The highest BCUT2D eigenvalue weighted by molar-refractivity contribution is 6.12. The van der Waals surface area contributed by atoms with Gasteiger partial charge in [-0.05, 0) is 13.3 Å². The number of ether oxygens (including phenoxy) is 2. The Bertz CT molecular complexity index is 514. The molecule has 1 unspecified atom stereocenters. The molecule has 1 heterocycles. The van der Waals surface area contributed by atoms with Crippen LogP contribution < -0.4 is 16.8 Å². The van der Waals surface area contributed by atoms with E-state index in [-0.39, 0.29) is 43.6 Å². The largest absolute Gasteiger partial charge is 0.386 e. The van der Waals surface area contributed by atoms with Gasteiger partial charge in [0.25, 0.3) is 0 Å². The summed E-state index contributed by atoms with van der Waals surface area (Å²) < 4.78 is 9.50. The predicted octanol–water partition coefficient (Wildman–Crippen LogP) is -1.19. The summed E-state index contributed by atoms with van der Waals surface area (Å²) >= 11 is 0. The first-order valence-electron chi connectivity index (χ1n) is 6.70. The summed E-state index contributed by atoms with van der Waals surface area (Å²) in [6.07, 6.45) is -0.461. The Balaban J connectivity index is 2.48. The van der Waals surface area contributed by atoms with Crippen LogP contribution in [0, 0.1) is 0 Å². The Kier molecular flexibility index (Phi) is 6.67. The van der Waals surface area contributed by atoms with Gasteiger partial charge in [0.2, 0.25) is 11.8 Å². The first kappa shape index (κ1) is 17.8. The van der Waals surface area contributed by atoms with Gasteiger partial charge in [0.05, 0.1) is 6.73 Å². The van der Waals surface area contributed by atoms with Gasteiger partial charge in [0, 0.05) is 30.4 Å². The van der Waals surface area contributed by atoms with Gasteiger partial charge in [-0.15, -0.1) is 0 Å². The van der Waals surface area contributed by atoms with Gasteiger partial charge in [0.1, 0.15) is 6.23 Å². The number of hydrogen-bond acceptors (Lipinski definition) is 7. The maximum absolute atomic E-state index is 11.8. The average molecular weight is 313 g/mol. The lowest BCUT2D eigenvalue weighted by molar-refractivity contribution is -0.151. The quantitative estimate of drug-likeness (QED) is 0.275. The number of cyclic esters (lactones) is 2. The molecule has 0 bridgehead atoms. The molecule has 1 atom stereocenters. The monoisotopic (exact) mass is 313 g/mol. The summed E-state index contributed by atoms with van der Waals surface area (Å²) in [4.78, 5) is 45.1. The van der Waals surface area contributed by atoms with E-state index in [1.54, 1.807) is 0 Å². The second kappa shape index (κ2) is 8.25. The molecule has 0 fully saturated rings. The number of primary amides is 1. The summed E-state index contributed by atoms with van der Waals surface area (Å²) in [7, 11) is 0. The van der Waals surface area contributed by atoms with Crippen LogP contribution in [0.3, 0.4) is 0 Å². The number of hydrogen-bond donors (Lipinski definition) is 3. The second-order valence-corrected chi connectivity index (χ2v) is 4.68. The SMILES string of the molecule is CC1=C(CCC(=O)NC(CCC(N)=O)OCN)C(=O)OC1=O. The van der Waals surface area contributed by atoms with Crippen LogP contribution in [0.4, 0.5) is 0 Å². The lowest BCUT2D eigenvalue weighted by atomic mass is 10.1. The van der Waals surface area contributed by atoms with Gasteiger partial charge < -0.3 is 26.3 Å². The van der Waals surface area contributed by atoms with Crippen LogP contribution in [0.1, 0.15) is 32.6 Å². The zero-order valence-corrected chi connectivity index (χ0v) is 12.2. The molecule has 9 nitrogen and oxygen atoms in total. The zero-order valence-electron chi connectivity index (χ0n) is 12.2. The first-order valence-corrected chi connectivity index (χ1v) is 6.70. The van der Waals surface area contributed by atoms with Crippen molar-refractivity contribution in [3.8, 4) is 0 Å². The molecular formula is C13H19N3O6. The Morgan fingerprint density at radius 2 is 1.95 bits per heavy atom. The molecular weight excluding hydrogens is 294 g/mol. The van der Waals surface area contributed by atoms with E-state index < -0.39 is 30.0 Å². The molecule has 22 heavy (non-hydrogen) atoms. The van der Waals surface area contributed by atoms with Crippen LogP contribution >= 0.6 is 0 Å². The molecule has 0 aromatic rings. The van der Waals surface area contributed by atoms with Gasteiger partial charge >= 0.3 is 11.9 Å². The van der Waals surface area contributed by atoms with E-state index in [9.17, 15) is 19.2 Å². The molecule has 0 saturated carbocycles. The highest BCUT2D eigenvalue weighted by Crippen LogP contribution is 2.21. The Hall–Kier alpha value is -2.26. The minimum atomic E-state index is -0.739. The molecule has 0 spiro atoms. The van der Waals surface area contributed by atoms with E-state index in [0.29, 0.717) is 0 Å². The topological polar surface area (TPSA) is 151 Å². The lowest BCUT2D eigenvalue weighted by Gasteiger charge is -2.17. The summed E-state index contributed by atoms with van der Waals surface area (Å²) in [6.45, 7) is 1.34. The fourth-order valence-electron chi connectivity index (χ4n) is 1.87. The van der Waals surface area contributed by atoms with Crippen molar-refractivity contribution in [2.45, 2.75) is 38.8 Å². The van der Waals surface area contributed by atoms with Crippen LogP contribution in [0.5, 0.6) is 0 Å². The Morgan fingerprint density at radius 3 is 2.45 bits per heavy atom. The minimum Gasteiger partial charge on any atom is -0.386 e. The lowest BCUT2D eigenvalue weighted by Crippen LogP contribution is -2.38. The zero-order chi connectivity index (χ0) is 16.7. The molecule has 0 saturated heterocycles. The number of carbonyl (C=O) groups is 4. The third-order valence-electron chi connectivity index (χ3n) is 3.07. The van der Waals surface area contributed by atoms with E-state index in [1.807, 2.05) is 0 Å². The van der Waals surface area contributed by atoms with Crippen LogP contribution in [0.15, 0.2) is 11.1 Å². The van der Waals surface area contributed by atoms with Gasteiger partial charge in [-0.1, -0.05) is 0 Å².